The molecular formula is C11H19N3O. The van der Waals surface area contributed by atoms with E-state index >= 15 is 0 Å². The molecule has 1 aromatic rings. The lowest BCUT2D eigenvalue weighted by molar-refractivity contribution is -0.121. The van der Waals surface area contributed by atoms with Crippen LogP contribution in [0.5, 0.6) is 0 Å². The van der Waals surface area contributed by atoms with Crippen LogP contribution in [-0.2, 0) is 11.3 Å². The van der Waals surface area contributed by atoms with Crippen LogP contribution in [0.3, 0.4) is 0 Å². The van der Waals surface area contributed by atoms with Crippen LogP contribution >= 0.6 is 0 Å². The largest absolute Gasteiger partial charge is 0.367 e. The molecule has 1 unspecified atom stereocenters. The summed E-state index contributed by atoms with van der Waals surface area (Å²) in [5, 5.41) is 2.83. The van der Waals surface area contributed by atoms with Gasteiger partial charge in [-0.1, -0.05) is 13.8 Å². The highest BCUT2D eigenvalue weighted by atomic mass is 16.1. The summed E-state index contributed by atoms with van der Waals surface area (Å²) in [4.78, 5) is 14.4. The van der Waals surface area contributed by atoms with Crippen molar-refractivity contribution >= 4 is 5.91 Å². The third kappa shape index (κ3) is 4.16. The summed E-state index contributed by atoms with van der Waals surface area (Å²) < 4.78 is 0. The van der Waals surface area contributed by atoms with Crippen molar-refractivity contribution in [2.75, 3.05) is 0 Å². The van der Waals surface area contributed by atoms with Crippen LogP contribution in [0.25, 0.3) is 0 Å². The standard InChI is InChI=1S/C11H19N3O/c1-8(2)10(12)5-11(15)14-7-9-3-4-13-6-9/h3-4,6,8,10,13H,5,7,12H2,1-2H3,(H,14,15). The molecule has 0 fully saturated rings. The minimum atomic E-state index is -0.0591. The topological polar surface area (TPSA) is 70.9 Å². The molecule has 4 N–H and O–H groups in total. The fourth-order valence-electron chi connectivity index (χ4n) is 1.19. The van der Waals surface area contributed by atoms with Crippen molar-refractivity contribution in [2.24, 2.45) is 11.7 Å². The van der Waals surface area contributed by atoms with Crippen LogP contribution in [0.4, 0.5) is 0 Å². The van der Waals surface area contributed by atoms with E-state index in [1.165, 1.54) is 0 Å². The molecule has 4 heteroatoms. The van der Waals surface area contributed by atoms with E-state index in [1.54, 1.807) is 0 Å². The fourth-order valence-corrected chi connectivity index (χ4v) is 1.19. The summed E-state index contributed by atoms with van der Waals surface area (Å²) in [6.45, 7) is 4.60. The molecule has 1 aromatic heterocycles. The first kappa shape index (κ1) is 11.8. The van der Waals surface area contributed by atoms with Gasteiger partial charge in [0.15, 0.2) is 0 Å². The van der Waals surface area contributed by atoms with Gasteiger partial charge in [0.25, 0.3) is 0 Å². The maximum Gasteiger partial charge on any atom is 0.221 e. The number of nitrogens with two attached hydrogens (primary N) is 1. The number of H-pyrrole nitrogens is 1. The Bertz CT molecular complexity index is 293. The molecule has 0 radical (unpaired) electrons. The van der Waals surface area contributed by atoms with E-state index in [0.717, 1.165) is 5.56 Å². The van der Waals surface area contributed by atoms with Gasteiger partial charge in [0.05, 0.1) is 0 Å². The molecule has 0 aromatic carbocycles. The highest BCUT2D eigenvalue weighted by Crippen LogP contribution is 2.03. The van der Waals surface area contributed by atoms with Crippen molar-refractivity contribution in [1.82, 2.24) is 10.3 Å². The number of aromatic nitrogens is 1. The minimum absolute atomic E-state index is 0.0115. The molecule has 0 saturated heterocycles. The van der Waals surface area contributed by atoms with E-state index in [0.29, 0.717) is 18.9 Å². The zero-order valence-electron chi connectivity index (χ0n) is 9.29. The number of nitrogens with one attached hydrogen (secondary N) is 2. The van der Waals surface area contributed by atoms with Gasteiger partial charge in [-0.3, -0.25) is 4.79 Å². The van der Waals surface area contributed by atoms with Gasteiger partial charge >= 0.3 is 0 Å². The zero-order valence-corrected chi connectivity index (χ0v) is 9.29. The van der Waals surface area contributed by atoms with Crippen LogP contribution in [0.1, 0.15) is 25.8 Å². The van der Waals surface area contributed by atoms with E-state index in [2.05, 4.69) is 10.3 Å². The lowest BCUT2D eigenvalue weighted by Gasteiger charge is -2.14. The second-order valence-electron chi connectivity index (χ2n) is 4.11. The Balaban J connectivity index is 2.25. The number of hydrogen-bond acceptors (Lipinski definition) is 2. The van der Waals surface area contributed by atoms with Crippen LogP contribution in [-0.4, -0.2) is 16.9 Å². The van der Waals surface area contributed by atoms with Crippen molar-refractivity contribution in [3.63, 3.8) is 0 Å². The predicted octanol–water partition coefficient (Wildman–Crippen LogP) is 1.00. The molecule has 4 nitrogen and oxygen atoms in total. The van der Waals surface area contributed by atoms with Gasteiger partial charge in [0.2, 0.25) is 5.91 Å². The molecule has 15 heavy (non-hydrogen) atoms. The van der Waals surface area contributed by atoms with Gasteiger partial charge in [0.1, 0.15) is 0 Å². The third-order valence-corrected chi connectivity index (χ3v) is 2.43. The first-order chi connectivity index (χ1) is 7.09. The van der Waals surface area contributed by atoms with Crippen LogP contribution < -0.4 is 11.1 Å². The van der Waals surface area contributed by atoms with Crippen LogP contribution in [0, 0.1) is 5.92 Å². The second-order valence-corrected chi connectivity index (χ2v) is 4.11. The van der Waals surface area contributed by atoms with Crippen molar-refractivity contribution in [3.8, 4) is 0 Å². The summed E-state index contributed by atoms with van der Waals surface area (Å²) in [5.41, 5.74) is 6.87. The van der Waals surface area contributed by atoms with E-state index in [1.807, 2.05) is 32.3 Å². The van der Waals surface area contributed by atoms with E-state index in [-0.39, 0.29) is 11.9 Å². The fraction of sp³-hybridized carbons (Fsp3) is 0.545. The Morgan fingerprint density at radius 3 is 2.87 bits per heavy atom. The lowest BCUT2D eigenvalue weighted by atomic mass is 10.0. The molecule has 0 bridgehead atoms. The van der Waals surface area contributed by atoms with Gasteiger partial charge in [-0.25, -0.2) is 0 Å². The van der Waals surface area contributed by atoms with E-state index < -0.39 is 0 Å². The summed E-state index contributed by atoms with van der Waals surface area (Å²) >= 11 is 0. The molecule has 84 valence electrons. The maximum absolute atomic E-state index is 11.5. The van der Waals surface area contributed by atoms with E-state index in [4.69, 9.17) is 5.73 Å². The molecule has 1 atom stereocenters. The maximum atomic E-state index is 11.5. The SMILES string of the molecule is CC(C)C(N)CC(=O)NCc1cc[nH]c1. The smallest absolute Gasteiger partial charge is 0.221 e. The summed E-state index contributed by atoms with van der Waals surface area (Å²) in [6.07, 6.45) is 4.09. The van der Waals surface area contributed by atoms with Gasteiger partial charge in [-0.2, -0.15) is 0 Å². The van der Waals surface area contributed by atoms with Gasteiger partial charge in [-0.05, 0) is 17.5 Å². The molecule has 0 aliphatic rings. The summed E-state index contributed by atoms with van der Waals surface area (Å²) in [5.74, 6) is 0.348. The van der Waals surface area contributed by atoms with E-state index in [9.17, 15) is 4.79 Å². The second kappa shape index (κ2) is 5.56. The molecule has 1 amide bonds. The number of hydrogen-bond donors (Lipinski definition) is 3. The molecule has 1 rings (SSSR count). The first-order valence-corrected chi connectivity index (χ1v) is 5.23. The minimum Gasteiger partial charge on any atom is -0.367 e. The van der Waals surface area contributed by atoms with Crippen molar-refractivity contribution < 1.29 is 4.79 Å². The Hall–Kier alpha value is -1.29. The molecule has 0 spiro atoms. The Kier molecular flexibility index (Phi) is 4.37. The highest BCUT2D eigenvalue weighted by molar-refractivity contribution is 5.76. The number of carbonyl (C=O) groups is 1. The van der Waals surface area contributed by atoms with Crippen molar-refractivity contribution in [1.29, 1.82) is 0 Å². The van der Waals surface area contributed by atoms with Crippen molar-refractivity contribution in [3.05, 3.63) is 24.0 Å². The number of amides is 1. The van der Waals surface area contributed by atoms with Crippen LogP contribution in [0.15, 0.2) is 18.5 Å². The lowest BCUT2D eigenvalue weighted by Crippen LogP contribution is -2.34. The Labute approximate surface area is 90.2 Å². The molecule has 0 aliphatic carbocycles. The summed E-state index contributed by atoms with van der Waals surface area (Å²) in [7, 11) is 0. The number of aromatic amines is 1. The zero-order chi connectivity index (χ0) is 11.3. The Morgan fingerprint density at radius 2 is 2.33 bits per heavy atom. The number of rotatable bonds is 5. The number of carbonyl (C=O) groups excluding carboxylic acids is 1. The average Bonchev–Trinajstić information content (AvgIpc) is 2.66. The van der Waals surface area contributed by atoms with Crippen LogP contribution in [0.2, 0.25) is 0 Å². The predicted molar refractivity (Wildman–Crippen MR) is 60.1 cm³/mol. The molecule has 0 aliphatic heterocycles. The monoisotopic (exact) mass is 209 g/mol. The molecular weight excluding hydrogens is 190 g/mol. The van der Waals surface area contributed by atoms with Gasteiger partial charge in [-0.15, -0.1) is 0 Å². The highest BCUT2D eigenvalue weighted by Gasteiger charge is 2.12. The Morgan fingerprint density at radius 1 is 1.60 bits per heavy atom. The normalized spacial score (nSPS) is 12.8. The van der Waals surface area contributed by atoms with Gasteiger partial charge < -0.3 is 16.0 Å². The summed E-state index contributed by atoms with van der Waals surface area (Å²) in [6, 6.07) is 1.87. The first-order valence-electron chi connectivity index (χ1n) is 5.23. The van der Waals surface area contributed by atoms with Crippen molar-refractivity contribution in [2.45, 2.75) is 32.9 Å². The van der Waals surface area contributed by atoms with Gasteiger partial charge in [0, 0.05) is 31.4 Å². The quantitative estimate of drug-likeness (QED) is 0.677. The third-order valence-electron chi connectivity index (χ3n) is 2.43. The molecule has 0 saturated carbocycles. The average molecular weight is 209 g/mol. The molecule has 1 heterocycles.